The van der Waals surface area contributed by atoms with Gasteiger partial charge in [0.1, 0.15) is 11.6 Å². The Hall–Kier alpha value is -1.72. The van der Waals surface area contributed by atoms with Gasteiger partial charge in [0.25, 0.3) is 5.91 Å². The van der Waals surface area contributed by atoms with E-state index >= 15 is 0 Å². The van der Waals surface area contributed by atoms with Crippen LogP contribution in [0.4, 0.5) is 4.79 Å². The van der Waals surface area contributed by atoms with Crippen LogP contribution < -0.4 is 11.1 Å². The molecule has 1 aliphatic heterocycles. The zero-order valence-electron chi connectivity index (χ0n) is 11.2. The molecule has 1 saturated heterocycles. The third kappa shape index (κ3) is 3.94. The Morgan fingerprint density at radius 3 is 2.67 bits per heavy atom. The zero-order chi connectivity index (χ0) is 13.9. The second-order valence-electron chi connectivity index (χ2n) is 5.32. The van der Waals surface area contributed by atoms with Crippen molar-refractivity contribution in [3.05, 3.63) is 12.4 Å². The fourth-order valence-corrected chi connectivity index (χ4v) is 1.74. The van der Waals surface area contributed by atoms with Gasteiger partial charge in [-0.2, -0.15) is 0 Å². The molecule has 0 bridgehead atoms. The Kier molecular flexibility index (Phi) is 4.21. The average molecular weight is 255 g/mol. The van der Waals surface area contributed by atoms with Crippen LogP contribution in [0.3, 0.4) is 0 Å². The first-order chi connectivity index (χ1) is 8.20. The van der Waals surface area contributed by atoms with Gasteiger partial charge in [0.2, 0.25) is 0 Å². The van der Waals surface area contributed by atoms with Gasteiger partial charge in [0.05, 0.1) is 5.82 Å². The highest BCUT2D eigenvalue weighted by Crippen LogP contribution is 2.15. The number of hydrogen-bond acceptors (Lipinski definition) is 4. The quantitative estimate of drug-likeness (QED) is 0.768. The Labute approximate surface area is 107 Å². The molecular weight excluding hydrogens is 234 g/mol. The summed E-state index contributed by atoms with van der Waals surface area (Å²) in [5.41, 5.74) is 4.93. The summed E-state index contributed by atoms with van der Waals surface area (Å²) in [4.78, 5) is 25.0. The van der Waals surface area contributed by atoms with Crippen LogP contribution in [0.1, 0.15) is 33.6 Å². The Balaban J connectivity index is 2.59. The monoisotopic (exact) mass is 255 g/mol. The van der Waals surface area contributed by atoms with Gasteiger partial charge < -0.3 is 15.8 Å². The lowest BCUT2D eigenvalue weighted by molar-refractivity contribution is -0.133. The van der Waals surface area contributed by atoms with Crippen LogP contribution in [0.2, 0.25) is 0 Å². The first-order valence-electron chi connectivity index (χ1n) is 5.96. The molecule has 0 aliphatic carbocycles. The maximum Gasteiger partial charge on any atom is 0.408 e. The molecule has 0 aromatic heterocycles. The van der Waals surface area contributed by atoms with E-state index in [-0.39, 0.29) is 11.7 Å². The minimum Gasteiger partial charge on any atom is -0.444 e. The zero-order valence-corrected chi connectivity index (χ0v) is 11.2. The highest BCUT2D eigenvalue weighted by molar-refractivity contribution is 5.87. The molecule has 6 heteroatoms. The van der Waals surface area contributed by atoms with Gasteiger partial charge in [0.15, 0.2) is 0 Å². The Morgan fingerprint density at radius 2 is 2.17 bits per heavy atom. The first kappa shape index (κ1) is 14.3. The van der Waals surface area contributed by atoms with Gasteiger partial charge in [-0.3, -0.25) is 9.69 Å². The fourth-order valence-electron chi connectivity index (χ4n) is 1.74. The van der Waals surface area contributed by atoms with Crippen LogP contribution in [0.25, 0.3) is 0 Å². The van der Waals surface area contributed by atoms with Gasteiger partial charge in [0, 0.05) is 6.54 Å². The number of carbonyl (C=O) groups is 2. The number of nitrogens with one attached hydrogen (secondary N) is 1. The first-order valence-corrected chi connectivity index (χ1v) is 5.96. The summed E-state index contributed by atoms with van der Waals surface area (Å²) < 4.78 is 5.11. The second kappa shape index (κ2) is 5.29. The van der Waals surface area contributed by atoms with Crippen LogP contribution in [-0.4, -0.2) is 35.1 Å². The van der Waals surface area contributed by atoms with Crippen molar-refractivity contribution in [1.29, 1.82) is 0 Å². The molecule has 0 spiro atoms. The van der Waals surface area contributed by atoms with Crippen molar-refractivity contribution in [2.75, 3.05) is 6.54 Å². The van der Waals surface area contributed by atoms with Crippen molar-refractivity contribution in [2.24, 2.45) is 5.73 Å². The van der Waals surface area contributed by atoms with E-state index in [0.717, 1.165) is 6.42 Å². The molecular formula is C12H21N3O3. The summed E-state index contributed by atoms with van der Waals surface area (Å²) in [6, 6.07) is -0.589. The lowest BCUT2D eigenvalue weighted by Crippen LogP contribution is -2.53. The molecule has 102 valence electrons. The van der Waals surface area contributed by atoms with Crippen molar-refractivity contribution in [3.63, 3.8) is 0 Å². The number of amides is 2. The van der Waals surface area contributed by atoms with Crippen LogP contribution >= 0.6 is 0 Å². The maximum atomic E-state index is 12.0. The van der Waals surface area contributed by atoms with Gasteiger partial charge in [-0.05, 0) is 33.6 Å². The van der Waals surface area contributed by atoms with Crippen LogP contribution in [0.5, 0.6) is 0 Å². The number of carbonyl (C=O) groups excluding carboxylic acids is 2. The van der Waals surface area contributed by atoms with Crippen LogP contribution in [-0.2, 0) is 9.53 Å². The van der Waals surface area contributed by atoms with Crippen molar-refractivity contribution in [2.45, 2.75) is 45.3 Å². The number of ether oxygens (including phenoxy) is 1. The highest BCUT2D eigenvalue weighted by Gasteiger charge is 2.31. The number of nitrogens with zero attached hydrogens (tertiary/aromatic N) is 1. The molecule has 2 amide bonds. The van der Waals surface area contributed by atoms with Crippen molar-refractivity contribution < 1.29 is 14.3 Å². The van der Waals surface area contributed by atoms with E-state index in [9.17, 15) is 9.59 Å². The van der Waals surface area contributed by atoms with Crippen molar-refractivity contribution in [1.82, 2.24) is 10.2 Å². The largest absolute Gasteiger partial charge is 0.444 e. The normalized spacial score (nSPS) is 20.5. The molecule has 0 aromatic carbocycles. The van der Waals surface area contributed by atoms with E-state index in [4.69, 9.17) is 10.5 Å². The predicted octanol–water partition coefficient (Wildman–Crippen LogP) is 0.932. The van der Waals surface area contributed by atoms with Crippen LogP contribution in [0, 0.1) is 0 Å². The molecule has 6 nitrogen and oxygen atoms in total. The number of nitrogens with two attached hydrogens (primary N) is 1. The molecule has 0 saturated carbocycles. The topological polar surface area (TPSA) is 84.7 Å². The van der Waals surface area contributed by atoms with Crippen molar-refractivity contribution in [3.8, 4) is 0 Å². The molecule has 0 aromatic rings. The molecule has 1 heterocycles. The maximum absolute atomic E-state index is 12.0. The standard InChI is InChI=1S/C12H21N3O3/c1-8(13)15-7-5-6-9(10(15)16)14-11(17)18-12(2,3)4/h9H,1,5-7,13H2,2-4H3,(H,14,17)/t9-/m0/s1. The van der Waals surface area contributed by atoms with E-state index < -0.39 is 17.7 Å². The summed E-state index contributed by atoms with van der Waals surface area (Å²) in [6.45, 7) is 9.38. The van der Waals surface area contributed by atoms with Crippen molar-refractivity contribution >= 4 is 12.0 Å². The van der Waals surface area contributed by atoms with Gasteiger partial charge in [-0.25, -0.2) is 4.79 Å². The van der Waals surface area contributed by atoms with Gasteiger partial charge >= 0.3 is 6.09 Å². The number of hydrogen-bond donors (Lipinski definition) is 2. The number of rotatable bonds is 2. The molecule has 0 unspecified atom stereocenters. The van der Waals surface area contributed by atoms with Crippen LogP contribution in [0.15, 0.2) is 12.4 Å². The molecule has 1 atom stereocenters. The summed E-state index contributed by atoms with van der Waals surface area (Å²) in [5, 5.41) is 2.56. The smallest absolute Gasteiger partial charge is 0.408 e. The summed E-state index contributed by atoms with van der Waals surface area (Å²) in [6.07, 6.45) is 0.759. The summed E-state index contributed by atoms with van der Waals surface area (Å²) >= 11 is 0. The number of piperidine rings is 1. The molecule has 0 radical (unpaired) electrons. The minimum absolute atomic E-state index is 0.204. The van der Waals surface area contributed by atoms with E-state index in [1.165, 1.54) is 4.90 Å². The lowest BCUT2D eigenvalue weighted by atomic mass is 10.1. The molecule has 1 fully saturated rings. The molecule has 1 rings (SSSR count). The van der Waals surface area contributed by atoms with E-state index in [1.54, 1.807) is 20.8 Å². The van der Waals surface area contributed by atoms with Gasteiger partial charge in [-0.15, -0.1) is 0 Å². The van der Waals surface area contributed by atoms with E-state index in [0.29, 0.717) is 13.0 Å². The fraction of sp³-hybridized carbons (Fsp3) is 0.667. The molecule has 3 N–H and O–H groups in total. The lowest BCUT2D eigenvalue weighted by Gasteiger charge is -2.32. The van der Waals surface area contributed by atoms with Gasteiger partial charge in [-0.1, -0.05) is 6.58 Å². The summed E-state index contributed by atoms with van der Waals surface area (Å²) in [5.74, 6) is -0.0321. The third-order valence-corrected chi connectivity index (χ3v) is 2.48. The average Bonchev–Trinajstić information content (AvgIpc) is 2.17. The number of alkyl carbamates (subject to hydrolysis) is 1. The Morgan fingerprint density at radius 1 is 1.56 bits per heavy atom. The minimum atomic E-state index is -0.592. The SMILES string of the molecule is C=C(N)N1CCC[C@H](NC(=O)OC(C)(C)C)C1=O. The van der Waals surface area contributed by atoms with E-state index in [2.05, 4.69) is 11.9 Å². The third-order valence-electron chi connectivity index (χ3n) is 2.48. The Bertz CT molecular complexity index is 360. The van der Waals surface area contributed by atoms with E-state index in [1.807, 2.05) is 0 Å². The second-order valence-corrected chi connectivity index (χ2v) is 5.32. The predicted molar refractivity (Wildman–Crippen MR) is 67.4 cm³/mol. The highest BCUT2D eigenvalue weighted by atomic mass is 16.6. The molecule has 18 heavy (non-hydrogen) atoms. The molecule has 1 aliphatic rings. The number of likely N-dealkylation sites (tertiary alicyclic amines) is 1. The summed E-state index contributed by atoms with van der Waals surface area (Å²) in [7, 11) is 0.